The molecule has 0 radical (unpaired) electrons. The number of nitrogens with one attached hydrogen (secondary N) is 1. The van der Waals surface area contributed by atoms with E-state index in [0.29, 0.717) is 19.4 Å². The summed E-state index contributed by atoms with van der Waals surface area (Å²) >= 11 is 0. The largest absolute Gasteiger partial charge is 0.352 e. The molecule has 164 valence electrons. The van der Waals surface area contributed by atoms with Gasteiger partial charge in [0, 0.05) is 36.7 Å². The summed E-state index contributed by atoms with van der Waals surface area (Å²) in [6.45, 7) is 7.46. The monoisotopic (exact) mass is 427 g/mol. The number of amides is 1. The highest BCUT2D eigenvalue weighted by molar-refractivity contribution is 5.76. The van der Waals surface area contributed by atoms with Crippen molar-refractivity contribution in [3.63, 3.8) is 0 Å². The van der Waals surface area contributed by atoms with Gasteiger partial charge in [-0.2, -0.15) is 5.10 Å². The number of imidazole rings is 1. The van der Waals surface area contributed by atoms with Crippen LogP contribution in [0.3, 0.4) is 0 Å². The van der Waals surface area contributed by atoms with Gasteiger partial charge in [0.25, 0.3) is 0 Å². The Morgan fingerprint density at radius 1 is 0.969 bits per heavy atom. The zero-order valence-electron chi connectivity index (χ0n) is 18.9. The number of nitrogens with zero attached hydrogens (tertiary/aromatic N) is 4. The molecule has 1 N–H and O–H groups in total. The molecule has 0 aliphatic rings. The second kappa shape index (κ2) is 9.64. The molecular weight excluding hydrogens is 398 g/mol. The second-order valence-corrected chi connectivity index (χ2v) is 8.21. The van der Waals surface area contributed by atoms with E-state index in [0.717, 1.165) is 34.7 Å². The SMILES string of the molecule is Cc1ccc(Cn2nc(C)c(CCC(=O)NCc3ccc(-n4ccnc4)cc3)c2C)cc1. The third-order valence-electron chi connectivity index (χ3n) is 5.81. The summed E-state index contributed by atoms with van der Waals surface area (Å²) in [6, 6.07) is 16.6. The van der Waals surface area contributed by atoms with Crippen molar-refractivity contribution in [1.29, 1.82) is 0 Å². The van der Waals surface area contributed by atoms with Crippen molar-refractivity contribution in [1.82, 2.24) is 24.6 Å². The van der Waals surface area contributed by atoms with E-state index in [4.69, 9.17) is 5.10 Å². The quantitative estimate of drug-likeness (QED) is 0.456. The number of carbonyl (C=O) groups excluding carboxylic acids is 1. The minimum Gasteiger partial charge on any atom is -0.352 e. The lowest BCUT2D eigenvalue weighted by Gasteiger charge is -2.08. The smallest absolute Gasteiger partial charge is 0.220 e. The van der Waals surface area contributed by atoms with Crippen LogP contribution in [0, 0.1) is 20.8 Å². The summed E-state index contributed by atoms with van der Waals surface area (Å²) in [7, 11) is 0. The minimum absolute atomic E-state index is 0.0498. The number of hydrogen-bond acceptors (Lipinski definition) is 3. The van der Waals surface area contributed by atoms with Crippen molar-refractivity contribution < 1.29 is 4.79 Å². The molecule has 0 aliphatic heterocycles. The highest BCUT2D eigenvalue weighted by Gasteiger charge is 2.13. The van der Waals surface area contributed by atoms with Crippen LogP contribution < -0.4 is 5.32 Å². The predicted octanol–water partition coefficient (Wildman–Crippen LogP) is 4.29. The zero-order chi connectivity index (χ0) is 22.5. The molecular formula is C26H29N5O. The Morgan fingerprint density at radius 2 is 1.69 bits per heavy atom. The molecule has 6 heteroatoms. The van der Waals surface area contributed by atoms with Crippen LogP contribution in [0.25, 0.3) is 5.69 Å². The Kier molecular flexibility index (Phi) is 6.50. The van der Waals surface area contributed by atoms with Crippen LogP contribution in [-0.4, -0.2) is 25.2 Å². The highest BCUT2D eigenvalue weighted by atomic mass is 16.1. The summed E-state index contributed by atoms with van der Waals surface area (Å²) in [6.07, 6.45) is 6.57. The molecule has 6 nitrogen and oxygen atoms in total. The standard InChI is InChI=1S/C26H29N5O/c1-19-4-6-23(7-5-19)17-31-21(3)25(20(2)29-31)12-13-26(32)28-16-22-8-10-24(11-9-22)30-15-14-27-18-30/h4-11,14-15,18H,12-13,16-17H2,1-3H3,(H,28,32). The lowest BCUT2D eigenvalue weighted by Crippen LogP contribution is -2.23. The number of aryl methyl sites for hydroxylation is 2. The van der Waals surface area contributed by atoms with E-state index in [2.05, 4.69) is 48.4 Å². The van der Waals surface area contributed by atoms with Gasteiger partial charge in [0.1, 0.15) is 0 Å². The lowest BCUT2D eigenvalue weighted by atomic mass is 10.1. The van der Waals surface area contributed by atoms with Crippen molar-refractivity contribution >= 4 is 5.91 Å². The molecule has 32 heavy (non-hydrogen) atoms. The zero-order valence-corrected chi connectivity index (χ0v) is 18.9. The molecule has 0 saturated heterocycles. The Morgan fingerprint density at radius 3 is 2.38 bits per heavy atom. The molecule has 0 atom stereocenters. The number of carbonyl (C=O) groups is 1. The first-order chi connectivity index (χ1) is 15.5. The average Bonchev–Trinajstić information content (AvgIpc) is 3.42. The molecule has 1 amide bonds. The first kappa shape index (κ1) is 21.6. The van der Waals surface area contributed by atoms with Gasteiger partial charge >= 0.3 is 0 Å². The van der Waals surface area contributed by atoms with Gasteiger partial charge in [-0.15, -0.1) is 0 Å². The molecule has 0 saturated carbocycles. The van der Waals surface area contributed by atoms with Crippen LogP contribution >= 0.6 is 0 Å². The first-order valence-corrected chi connectivity index (χ1v) is 10.9. The first-order valence-electron chi connectivity index (χ1n) is 10.9. The fourth-order valence-corrected chi connectivity index (χ4v) is 3.84. The topological polar surface area (TPSA) is 64.7 Å². The van der Waals surface area contributed by atoms with Gasteiger partial charge in [0.05, 0.1) is 18.6 Å². The van der Waals surface area contributed by atoms with Crippen LogP contribution in [0.1, 0.15) is 40.1 Å². The van der Waals surface area contributed by atoms with E-state index in [1.807, 2.05) is 46.6 Å². The highest BCUT2D eigenvalue weighted by Crippen LogP contribution is 2.17. The number of hydrogen-bond donors (Lipinski definition) is 1. The Balaban J connectivity index is 1.30. The maximum absolute atomic E-state index is 12.4. The summed E-state index contributed by atoms with van der Waals surface area (Å²) < 4.78 is 3.99. The van der Waals surface area contributed by atoms with Gasteiger partial charge in [-0.3, -0.25) is 9.48 Å². The van der Waals surface area contributed by atoms with Crippen molar-refractivity contribution in [3.8, 4) is 5.69 Å². The summed E-state index contributed by atoms with van der Waals surface area (Å²) in [4.78, 5) is 16.5. The maximum atomic E-state index is 12.4. The Bertz CT molecular complexity index is 1170. The summed E-state index contributed by atoms with van der Waals surface area (Å²) in [5.74, 6) is 0.0498. The number of aromatic nitrogens is 4. The lowest BCUT2D eigenvalue weighted by molar-refractivity contribution is -0.121. The van der Waals surface area contributed by atoms with Crippen LogP contribution in [0.15, 0.2) is 67.3 Å². The molecule has 0 fully saturated rings. The molecule has 2 aromatic carbocycles. The van der Waals surface area contributed by atoms with E-state index in [-0.39, 0.29) is 5.91 Å². The van der Waals surface area contributed by atoms with Crippen molar-refractivity contribution in [2.75, 3.05) is 0 Å². The molecule has 0 spiro atoms. The van der Waals surface area contributed by atoms with E-state index in [1.165, 1.54) is 11.1 Å². The van der Waals surface area contributed by atoms with Crippen LogP contribution in [0.5, 0.6) is 0 Å². The average molecular weight is 428 g/mol. The summed E-state index contributed by atoms with van der Waals surface area (Å²) in [5.41, 5.74) is 7.89. The molecule has 4 aromatic rings. The van der Waals surface area contributed by atoms with Crippen molar-refractivity contribution in [2.45, 2.75) is 46.7 Å². The van der Waals surface area contributed by atoms with Crippen molar-refractivity contribution in [2.24, 2.45) is 0 Å². The Labute approximate surface area is 188 Å². The second-order valence-electron chi connectivity index (χ2n) is 8.21. The molecule has 0 unspecified atom stereocenters. The Hall–Kier alpha value is -3.67. The molecule has 2 aromatic heterocycles. The van der Waals surface area contributed by atoms with Gasteiger partial charge in [-0.25, -0.2) is 4.98 Å². The minimum atomic E-state index is 0.0498. The van der Waals surface area contributed by atoms with Gasteiger partial charge in [0.15, 0.2) is 0 Å². The van der Waals surface area contributed by atoms with E-state index < -0.39 is 0 Å². The van der Waals surface area contributed by atoms with E-state index >= 15 is 0 Å². The molecule has 2 heterocycles. The molecule has 4 rings (SSSR count). The van der Waals surface area contributed by atoms with Gasteiger partial charge < -0.3 is 9.88 Å². The van der Waals surface area contributed by atoms with Gasteiger partial charge in [-0.1, -0.05) is 42.0 Å². The van der Waals surface area contributed by atoms with Gasteiger partial charge in [0.2, 0.25) is 5.91 Å². The molecule has 0 bridgehead atoms. The van der Waals surface area contributed by atoms with Crippen LogP contribution in [0.4, 0.5) is 0 Å². The van der Waals surface area contributed by atoms with Crippen LogP contribution in [0.2, 0.25) is 0 Å². The van der Waals surface area contributed by atoms with E-state index in [9.17, 15) is 4.79 Å². The van der Waals surface area contributed by atoms with Crippen LogP contribution in [-0.2, 0) is 24.3 Å². The van der Waals surface area contributed by atoms with E-state index in [1.54, 1.807) is 12.5 Å². The fourth-order valence-electron chi connectivity index (χ4n) is 3.84. The fraction of sp³-hybridized carbons (Fsp3) is 0.269. The molecule has 0 aliphatic carbocycles. The van der Waals surface area contributed by atoms with Crippen molar-refractivity contribution in [3.05, 3.63) is 101 Å². The number of benzene rings is 2. The predicted molar refractivity (Wildman–Crippen MR) is 126 cm³/mol. The number of rotatable bonds is 8. The third kappa shape index (κ3) is 5.14. The maximum Gasteiger partial charge on any atom is 0.220 e. The van der Waals surface area contributed by atoms with Gasteiger partial charge in [-0.05, 0) is 56.0 Å². The third-order valence-corrected chi connectivity index (χ3v) is 5.81. The summed E-state index contributed by atoms with van der Waals surface area (Å²) in [5, 5.41) is 7.74. The normalized spacial score (nSPS) is 11.0.